The van der Waals surface area contributed by atoms with Crippen LogP contribution in [0.5, 0.6) is 0 Å². The highest BCUT2D eigenvalue weighted by molar-refractivity contribution is 7.18. The molecule has 7 rings (SSSR count). The molecule has 6 aromatic carbocycles. The van der Waals surface area contributed by atoms with E-state index in [1.807, 2.05) is 11.3 Å². The lowest BCUT2D eigenvalue weighted by Gasteiger charge is -2.24. The normalized spacial score (nSPS) is 11.0. The molecule has 0 spiro atoms. The molecule has 0 saturated heterocycles. The SMILES string of the molecule is CN(C)c1ccc(-c2ccc(-c3cc(-c4ccccc4)c(-c4ccccc4)c(-c4ccccc4)c3-c3ccccc3)s2)cc1. The second kappa shape index (κ2) is 12.2. The summed E-state index contributed by atoms with van der Waals surface area (Å²) in [5.74, 6) is 0. The Labute approximate surface area is 264 Å². The first kappa shape index (κ1) is 27.6. The van der Waals surface area contributed by atoms with Gasteiger partial charge in [0, 0.05) is 35.1 Å². The van der Waals surface area contributed by atoms with E-state index in [1.54, 1.807) is 0 Å². The van der Waals surface area contributed by atoms with E-state index in [1.165, 1.54) is 71.1 Å². The van der Waals surface area contributed by atoms with Crippen molar-refractivity contribution in [3.05, 3.63) is 164 Å². The van der Waals surface area contributed by atoms with Crippen molar-refractivity contribution in [3.8, 4) is 65.4 Å². The highest BCUT2D eigenvalue weighted by Crippen LogP contribution is 2.51. The topological polar surface area (TPSA) is 3.24 Å². The Kier molecular flexibility index (Phi) is 7.67. The Bertz CT molecular complexity index is 1990. The van der Waals surface area contributed by atoms with Gasteiger partial charge < -0.3 is 4.90 Å². The third kappa shape index (κ3) is 5.37. The minimum Gasteiger partial charge on any atom is -0.378 e. The lowest BCUT2D eigenvalue weighted by molar-refractivity contribution is 1.13. The summed E-state index contributed by atoms with van der Waals surface area (Å²) in [4.78, 5) is 4.66. The Morgan fingerprint density at radius 2 is 0.795 bits per heavy atom. The van der Waals surface area contributed by atoms with E-state index in [-0.39, 0.29) is 0 Å². The summed E-state index contributed by atoms with van der Waals surface area (Å²) >= 11 is 1.86. The molecule has 0 aliphatic heterocycles. The van der Waals surface area contributed by atoms with Gasteiger partial charge in [0.25, 0.3) is 0 Å². The van der Waals surface area contributed by atoms with Crippen LogP contribution in [0.15, 0.2) is 164 Å². The van der Waals surface area contributed by atoms with Gasteiger partial charge >= 0.3 is 0 Å². The predicted molar refractivity (Wildman–Crippen MR) is 191 cm³/mol. The van der Waals surface area contributed by atoms with Crippen molar-refractivity contribution in [2.24, 2.45) is 0 Å². The van der Waals surface area contributed by atoms with Gasteiger partial charge in [-0.25, -0.2) is 0 Å². The van der Waals surface area contributed by atoms with Crippen LogP contribution in [0.4, 0.5) is 5.69 Å². The number of anilines is 1. The number of hydrogen-bond acceptors (Lipinski definition) is 2. The zero-order chi connectivity index (χ0) is 29.9. The van der Waals surface area contributed by atoms with E-state index in [9.17, 15) is 0 Å². The van der Waals surface area contributed by atoms with Gasteiger partial charge in [0.15, 0.2) is 0 Å². The first-order chi connectivity index (χ1) is 21.7. The molecule has 1 aromatic heterocycles. The Balaban J connectivity index is 1.56. The van der Waals surface area contributed by atoms with E-state index in [0.29, 0.717) is 0 Å². The molecular formula is C42H33NS. The standard InChI is InChI=1S/C42H33NS/c1-43(2)35-25-23-31(24-26-35)38-27-28-39(44-38)37-29-36(30-15-7-3-8-16-30)40(32-17-9-4-10-18-32)42(34-21-13-6-14-22-34)41(37)33-19-11-5-12-20-33/h3-29H,1-2H3. The number of nitrogens with zero attached hydrogens (tertiary/aromatic N) is 1. The summed E-state index contributed by atoms with van der Waals surface area (Å²) in [5, 5.41) is 0. The molecule has 7 aromatic rings. The molecule has 0 amide bonds. The van der Waals surface area contributed by atoms with E-state index < -0.39 is 0 Å². The second-order valence-electron chi connectivity index (χ2n) is 11.2. The van der Waals surface area contributed by atoms with Gasteiger partial charge in [-0.2, -0.15) is 0 Å². The molecule has 0 N–H and O–H groups in total. The van der Waals surface area contributed by atoms with Crippen molar-refractivity contribution < 1.29 is 0 Å². The fourth-order valence-corrected chi connectivity index (χ4v) is 7.02. The van der Waals surface area contributed by atoms with E-state index >= 15 is 0 Å². The van der Waals surface area contributed by atoms with Gasteiger partial charge in [0.05, 0.1) is 0 Å². The zero-order valence-corrected chi connectivity index (χ0v) is 25.8. The van der Waals surface area contributed by atoms with Gasteiger partial charge in [-0.3, -0.25) is 0 Å². The van der Waals surface area contributed by atoms with Crippen molar-refractivity contribution in [1.29, 1.82) is 0 Å². The summed E-state index contributed by atoms with van der Waals surface area (Å²) < 4.78 is 0. The Morgan fingerprint density at radius 3 is 1.30 bits per heavy atom. The summed E-state index contributed by atoms with van der Waals surface area (Å²) in [7, 11) is 4.16. The fraction of sp³-hybridized carbons (Fsp3) is 0.0476. The van der Waals surface area contributed by atoms with Gasteiger partial charge in [-0.15, -0.1) is 11.3 Å². The maximum atomic E-state index is 2.43. The lowest BCUT2D eigenvalue weighted by Crippen LogP contribution is -2.07. The minimum absolute atomic E-state index is 1.20. The average molecular weight is 584 g/mol. The maximum Gasteiger partial charge on any atom is 0.0361 e. The molecule has 2 heteroatoms. The van der Waals surface area contributed by atoms with Gasteiger partial charge in [-0.1, -0.05) is 133 Å². The minimum atomic E-state index is 1.20. The van der Waals surface area contributed by atoms with Crippen molar-refractivity contribution >= 4 is 17.0 Å². The summed E-state index contributed by atoms with van der Waals surface area (Å²) in [6.45, 7) is 0. The fourth-order valence-electron chi connectivity index (χ4n) is 5.99. The molecule has 0 aliphatic carbocycles. The molecule has 0 atom stereocenters. The third-order valence-electron chi connectivity index (χ3n) is 8.14. The first-order valence-corrected chi connectivity index (χ1v) is 15.8. The molecule has 212 valence electrons. The monoisotopic (exact) mass is 583 g/mol. The van der Waals surface area contributed by atoms with Crippen LogP contribution in [-0.4, -0.2) is 14.1 Å². The van der Waals surface area contributed by atoms with Crippen LogP contribution in [0, 0.1) is 0 Å². The molecule has 0 radical (unpaired) electrons. The van der Waals surface area contributed by atoms with Crippen molar-refractivity contribution in [2.75, 3.05) is 19.0 Å². The highest BCUT2D eigenvalue weighted by atomic mass is 32.1. The van der Waals surface area contributed by atoms with E-state index in [2.05, 4.69) is 183 Å². The van der Waals surface area contributed by atoms with Gasteiger partial charge in [0.1, 0.15) is 0 Å². The van der Waals surface area contributed by atoms with Crippen LogP contribution in [0.1, 0.15) is 0 Å². The van der Waals surface area contributed by atoms with Crippen molar-refractivity contribution in [2.45, 2.75) is 0 Å². The summed E-state index contributed by atoms with van der Waals surface area (Å²) in [6.07, 6.45) is 0. The predicted octanol–water partition coefficient (Wildman–Crippen LogP) is 11.8. The maximum absolute atomic E-state index is 2.43. The van der Waals surface area contributed by atoms with Crippen molar-refractivity contribution in [3.63, 3.8) is 0 Å². The van der Waals surface area contributed by atoms with Crippen LogP contribution in [-0.2, 0) is 0 Å². The van der Waals surface area contributed by atoms with Gasteiger partial charge in [0.2, 0.25) is 0 Å². The van der Waals surface area contributed by atoms with Crippen molar-refractivity contribution in [1.82, 2.24) is 0 Å². The molecule has 44 heavy (non-hydrogen) atoms. The summed E-state index contributed by atoms with van der Waals surface area (Å²) in [5.41, 5.74) is 13.5. The first-order valence-electron chi connectivity index (χ1n) is 15.0. The van der Waals surface area contributed by atoms with Gasteiger partial charge in [-0.05, 0) is 80.4 Å². The van der Waals surface area contributed by atoms with Crippen LogP contribution in [0.25, 0.3) is 65.4 Å². The zero-order valence-electron chi connectivity index (χ0n) is 24.9. The molecule has 0 fully saturated rings. The second-order valence-corrected chi connectivity index (χ2v) is 12.2. The van der Waals surface area contributed by atoms with Crippen LogP contribution in [0.2, 0.25) is 0 Å². The molecular weight excluding hydrogens is 551 g/mol. The molecule has 1 nitrogen and oxygen atoms in total. The smallest absolute Gasteiger partial charge is 0.0361 e. The number of hydrogen-bond donors (Lipinski definition) is 0. The number of thiophene rings is 1. The number of rotatable bonds is 7. The van der Waals surface area contributed by atoms with Crippen LogP contribution < -0.4 is 4.90 Å². The molecule has 1 heterocycles. The van der Waals surface area contributed by atoms with Crippen LogP contribution in [0.3, 0.4) is 0 Å². The van der Waals surface area contributed by atoms with Crippen LogP contribution >= 0.6 is 11.3 Å². The Hall–Kier alpha value is -5.18. The third-order valence-corrected chi connectivity index (χ3v) is 9.31. The summed E-state index contributed by atoms with van der Waals surface area (Å²) in [6, 6.07) is 59.3. The molecule has 0 unspecified atom stereocenters. The quantitative estimate of drug-likeness (QED) is 0.180. The van der Waals surface area contributed by atoms with E-state index in [0.717, 1.165) is 0 Å². The highest BCUT2D eigenvalue weighted by Gasteiger charge is 2.24. The molecule has 0 saturated carbocycles. The van der Waals surface area contributed by atoms with E-state index in [4.69, 9.17) is 0 Å². The lowest BCUT2D eigenvalue weighted by atomic mass is 9.80. The largest absolute Gasteiger partial charge is 0.378 e. The molecule has 0 bridgehead atoms. The number of benzene rings is 6. The average Bonchev–Trinajstić information content (AvgIpc) is 3.59. The Morgan fingerprint density at radius 1 is 0.364 bits per heavy atom. The molecule has 0 aliphatic rings.